The average molecular weight is 279 g/mol. The molecular weight excluding hydrogens is 265 g/mol. The number of anilines is 1. The molecule has 2 rings (SSSR count). The molecule has 0 saturated heterocycles. The van der Waals surface area contributed by atoms with E-state index in [1.807, 2.05) is 6.26 Å². The smallest absolute Gasteiger partial charge is 0.158 e. The molecule has 0 spiro atoms. The number of hydrazine groups is 1. The van der Waals surface area contributed by atoms with Crippen LogP contribution < -0.4 is 16.2 Å². The second-order valence-electron chi connectivity index (χ2n) is 3.83. The van der Waals surface area contributed by atoms with Crippen molar-refractivity contribution in [1.82, 2.24) is 5.43 Å². The third kappa shape index (κ3) is 3.25. The number of amidine groups is 1. The molecule has 5 nitrogen and oxygen atoms in total. The van der Waals surface area contributed by atoms with Crippen LogP contribution >= 0.6 is 11.8 Å². The number of benzene rings is 1. The Morgan fingerprint density at radius 1 is 1.63 bits per heavy atom. The Morgan fingerprint density at radius 3 is 3.05 bits per heavy atom. The summed E-state index contributed by atoms with van der Waals surface area (Å²) in [5.74, 6) is -0.384. The van der Waals surface area contributed by atoms with E-state index >= 15 is 0 Å². The lowest BCUT2D eigenvalue weighted by Crippen LogP contribution is -2.41. The summed E-state index contributed by atoms with van der Waals surface area (Å²) in [7, 11) is 0. The van der Waals surface area contributed by atoms with Crippen LogP contribution in [0.15, 0.2) is 40.5 Å². The normalized spacial score (nSPS) is 15.6. The lowest BCUT2D eigenvalue weighted by molar-refractivity contribution is 0.614. The van der Waals surface area contributed by atoms with Gasteiger partial charge in [0, 0.05) is 6.07 Å². The Bertz CT molecular complexity index is 555. The number of nitrogens with one attached hydrogen (secondary N) is 1. The Hall–Kier alpha value is -2.02. The molecule has 0 fully saturated rings. The van der Waals surface area contributed by atoms with Gasteiger partial charge in [0.1, 0.15) is 6.34 Å². The summed E-state index contributed by atoms with van der Waals surface area (Å²) in [6, 6.07) is 4.69. The van der Waals surface area contributed by atoms with Crippen molar-refractivity contribution >= 4 is 34.6 Å². The van der Waals surface area contributed by atoms with Gasteiger partial charge >= 0.3 is 0 Å². The molecule has 1 aromatic carbocycles. The van der Waals surface area contributed by atoms with E-state index in [4.69, 9.17) is 5.73 Å². The van der Waals surface area contributed by atoms with Gasteiger partial charge in [0.25, 0.3) is 0 Å². The Kier molecular flexibility index (Phi) is 4.06. The summed E-state index contributed by atoms with van der Waals surface area (Å²) in [6.07, 6.45) is 3.29. The zero-order valence-electron chi connectivity index (χ0n) is 10.4. The van der Waals surface area contributed by atoms with Crippen LogP contribution in [0.4, 0.5) is 15.8 Å². The van der Waals surface area contributed by atoms with Crippen LogP contribution in [0.5, 0.6) is 0 Å². The molecule has 1 aliphatic heterocycles. The predicted molar refractivity (Wildman–Crippen MR) is 79.3 cm³/mol. The van der Waals surface area contributed by atoms with E-state index in [0.717, 1.165) is 0 Å². The fraction of sp³-hybridized carbons (Fsp3) is 0.167. The van der Waals surface area contributed by atoms with Gasteiger partial charge in [-0.1, -0.05) is 18.3 Å². The summed E-state index contributed by atoms with van der Waals surface area (Å²) in [5, 5.41) is 2.01. The standard InChI is InChI=1S/C12H14FN5S/c1-8-6-18(16-7-15-8)11-4-3-9(5-10(11)13)17-12(14)19-2/h3-5,7H,1,6H2,2H3,(H2,14,17)(H,15,16). The first-order valence-corrected chi connectivity index (χ1v) is 6.74. The molecule has 1 aliphatic rings. The molecule has 0 saturated carbocycles. The largest absolute Gasteiger partial charge is 0.378 e. The van der Waals surface area contributed by atoms with E-state index in [2.05, 4.69) is 22.0 Å². The Labute approximate surface area is 115 Å². The van der Waals surface area contributed by atoms with E-state index in [9.17, 15) is 4.39 Å². The topological polar surface area (TPSA) is 66.0 Å². The molecule has 19 heavy (non-hydrogen) atoms. The number of hydrogen-bond donors (Lipinski definition) is 2. The first-order chi connectivity index (χ1) is 9.10. The van der Waals surface area contributed by atoms with Crippen molar-refractivity contribution in [3.8, 4) is 0 Å². The van der Waals surface area contributed by atoms with Gasteiger partial charge in [-0.15, -0.1) is 0 Å². The minimum atomic E-state index is -0.384. The van der Waals surface area contributed by atoms with Crippen molar-refractivity contribution in [2.24, 2.45) is 15.7 Å². The van der Waals surface area contributed by atoms with Gasteiger partial charge in [-0.05, 0) is 18.4 Å². The van der Waals surface area contributed by atoms with Crippen LogP contribution in [-0.2, 0) is 0 Å². The highest BCUT2D eigenvalue weighted by Crippen LogP contribution is 2.25. The molecule has 100 valence electrons. The van der Waals surface area contributed by atoms with Gasteiger partial charge < -0.3 is 5.73 Å². The third-order valence-electron chi connectivity index (χ3n) is 2.47. The zero-order valence-corrected chi connectivity index (χ0v) is 11.2. The van der Waals surface area contributed by atoms with Gasteiger partial charge in [-0.2, -0.15) is 0 Å². The summed E-state index contributed by atoms with van der Waals surface area (Å²) in [5.41, 5.74) is 10.0. The molecule has 0 atom stereocenters. The molecule has 1 aromatic rings. The predicted octanol–water partition coefficient (Wildman–Crippen LogP) is 2.00. The van der Waals surface area contributed by atoms with Gasteiger partial charge in [0.15, 0.2) is 11.0 Å². The van der Waals surface area contributed by atoms with E-state index in [1.165, 1.54) is 24.2 Å². The highest BCUT2D eigenvalue weighted by molar-refractivity contribution is 8.13. The maximum atomic E-state index is 14.0. The molecule has 0 amide bonds. The summed E-state index contributed by atoms with van der Waals surface area (Å²) in [6.45, 7) is 4.16. The van der Waals surface area contributed by atoms with Crippen molar-refractivity contribution in [2.75, 3.05) is 17.8 Å². The van der Waals surface area contributed by atoms with Gasteiger partial charge in [0.2, 0.25) is 0 Å². The van der Waals surface area contributed by atoms with E-state index in [-0.39, 0.29) is 5.82 Å². The number of rotatable bonds is 2. The third-order valence-corrected chi connectivity index (χ3v) is 2.98. The first kappa shape index (κ1) is 13.4. The van der Waals surface area contributed by atoms with Gasteiger partial charge in [0.05, 0.1) is 23.6 Å². The minimum Gasteiger partial charge on any atom is -0.378 e. The second-order valence-corrected chi connectivity index (χ2v) is 4.66. The van der Waals surface area contributed by atoms with Crippen molar-refractivity contribution in [3.63, 3.8) is 0 Å². The highest BCUT2D eigenvalue weighted by Gasteiger charge is 2.14. The summed E-state index contributed by atoms with van der Waals surface area (Å²) < 4.78 is 14.0. The second kappa shape index (κ2) is 5.75. The number of nitrogens with zero attached hydrogens (tertiary/aromatic N) is 3. The van der Waals surface area contributed by atoms with E-state index in [0.29, 0.717) is 28.8 Å². The fourth-order valence-electron chi connectivity index (χ4n) is 1.57. The van der Waals surface area contributed by atoms with E-state index < -0.39 is 0 Å². The number of halogens is 1. The van der Waals surface area contributed by atoms with Gasteiger partial charge in [-0.3, -0.25) is 10.4 Å². The molecule has 3 N–H and O–H groups in total. The summed E-state index contributed by atoms with van der Waals surface area (Å²) >= 11 is 1.31. The van der Waals surface area contributed by atoms with Crippen molar-refractivity contribution in [1.29, 1.82) is 0 Å². The number of nitrogens with two attached hydrogens (primary N) is 1. The maximum Gasteiger partial charge on any atom is 0.158 e. The molecular formula is C12H14FN5S. The molecule has 1 heterocycles. The quantitative estimate of drug-likeness (QED) is 0.642. The Morgan fingerprint density at radius 2 is 2.42 bits per heavy atom. The van der Waals surface area contributed by atoms with Crippen molar-refractivity contribution in [2.45, 2.75) is 0 Å². The lowest BCUT2D eigenvalue weighted by atomic mass is 10.2. The number of hydrogen-bond acceptors (Lipinski definition) is 5. The first-order valence-electron chi connectivity index (χ1n) is 5.52. The van der Waals surface area contributed by atoms with Crippen LogP contribution in [0.1, 0.15) is 0 Å². The highest BCUT2D eigenvalue weighted by atomic mass is 32.2. The van der Waals surface area contributed by atoms with Crippen LogP contribution in [0, 0.1) is 5.82 Å². The minimum absolute atomic E-state index is 0.384. The summed E-state index contributed by atoms with van der Waals surface area (Å²) in [4.78, 5) is 8.04. The average Bonchev–Trinajstić information content (AvgIpc) is 2.38. The molecule has 0 radical (unpaired) electrons. The molecule has 0 aliphatic carbocycles. The van der Waals surface area contributed by atoms with Crippen LogP contribution in [0.3, 0.4) is 0 Å². The molecule has 0 unspecified atom stereocenters. The van der Waals surface area contributed by atoms with Crippen LogP contribution in [0.25, 0.3) is 0 Å². The van der Waals surface area contributed by atoms with Crippen LogP contribution in [0.2, 0.25) is 0 Å². The molecule has 7 heteroatoms. The number of aliphatic imine (C=N–C) groups is 2. The van der Waals surface area contributed by atoms with Crippen molar-refractivity contribution in [3.05, 3.63) is 36.3 Å². The van der Waals surface area contributed by atoms with E-state index in [1.54, 1.807) is 17.1 Å². The Balaban J connectivity index is 2.25. The number of thioether (sulfide) groups is 1. The van der Waals surface area contributed by atoms with Gasteiger partial charge in [-0.25, -0.2) is 14.4 Å². The molecule has 0 aromatic heterocycles. The van der Waals surface area contributed by atoms with Crippen molar-refractivity contribution < 1.29 is 4.39 Å². The van der Waals surface area contributed by atoms with Crippen LogP contribution in [-0.4, -0.2) is 24.3 Å². The fourth-order valence-corrected chi connectivity index (χ4v) is 1.77. The monoisotopic (exact) mass is 279 g/mol. The lowest BCUT2D eigenvalue weighted by Gasteiger charge is -2.27. The zero-order chi connectivity index (χ0) is 13.8. The SMILES string of the molecule is C=C1CN(c2ccc(N=C(N)SC)cc2F)NC=N1. The molecule has 0 bridgehead atoms. The maximum absolute atomic E-state index is 14.0.